The van der Waals surface area contributed by atoms with Gasteiger partial charge in [0, 0.05) is 25.0 Å². The Balaban J connectivity index is 1.31. The molecule has 2 heterocycles. The summed E-state index contributed by atoms with van der Waals surface area (Å²) in [6.45, 7) is 0.784. The highest BCUT2D eigenvalue weighted by Gasteiger charge is 2.30. The second-order valence-corrected chi connectivity index (χ2v) is 8.69. The molecule has 1 fully saturated rings. The Hall–Kier alpha value is -3.88. The summed E-state index contributed by atoms with van der Waals surface area (Å²) in [7, 11) is 0. The number of esters is 1. The highest BCUT2D eigenvalue weighted by Crippen LogP contribution is 2.31. The van der Waals surface area contributed by atoms with Crippen LogP contribution in [0.2, 0.25) is 0 Å². The molecule has 1 saturated heterocycles. The molecule has 2 aromatic carbocycles. The zero-order chi connectivity index (χ0) is 25.5. The van der Waals surface area contributed by atoms with Gasteiger partial charge in [-0.05, 0) is 61.1 Å². The Kier molecular flexibility index (Phi) is 7.87. The SMILES string of the molecule is O=C(OCC(=O)N1CCC(Cc2ccccc2)CC1)c1cccnc1Nc1cccc(C(F)(F)F)c1. The van der Waals surface area contributed by atoms with Crippen molar-refractivity contribution in [3.63, 3.8) is 0 Å². The van der Waals surface area contributed by atoms with Crippen LogP contribution in [0, 0.1) is 5.92 Å². The Bertz CT molecular complexity index is 1190. The zero-order valence-corrected chi connectivity index (χ0v) is 19.5. The van der Waals surface area contributed by atoms with Crippen LogP contribution in [0.25, 0.3) is 0 Å². The number of nitrogens with zero attached hydrogens (tertiary/aromatic N) is 2. The Morgan fingerprint density at radius 2 is 1.75 bits per heavy atom. The highest BCUT2D eigenvalue weighted by molar-refractivity contribution is 5.96. The third-order valence-electron chi connectivity index (χ3n) is 6.14. The molecule has 9 heteroatoms. The number of piperidine rings is 1. The predicted octanol–water partition coefficient (Wildman–Crippen LogP) is 5.48. The number of carbonyl (C=O) groups excluding carboxylic acids is 2. The number of halogens is 3. The molecule has 0 aliphatic carbocycles. The number of hydrogen-bond acceptors (Lipinski definition) is 5. The molecule has 1 aliphatic heterocycles. The lowest BCUT2D eigenvalue weighted by Crippen LogP contribution is -2.41. The van der Waals surface area contributed by atoms with Crippen LogP contribution in [0.5, 0.6) is 0 Å². The molecular weight excluding hydrogens is 471 g/mol. The zero-order valence-electron chi connectivity index (χ0n) is 19.5. The van der Waals surface area contributed by atoms with E-state index in [0.29, 0.717) is 19.0 Å². The molecule has 6 nitrogen and oxygen atoms in total. The second kappa shape index (κ2) is 11.2. The maximum atomic E-state index is 13.0. The summed E-state index contributed by atoms with van der Waals surface area (Å²) in [5.41, 5.74) is 0.587. The summed E-state index contributed by atoms with van der Waals surface area (Å²) in [6, 6.07) is 17.7. The van der Waals surface area contributed by atoms with E-state index >= 15 is 0 Å². The van der Waals surface area contributed by atoms with Crippen molar-refractivity contribution in [2.75, 3.05) is 25.0 Å². The van der Waals surface area contributed by atoms with Gasteiger partial charge in [0.05, 0.1) is 5.56 Å². The van der Waals surface area contributed by atoms with Crippen molar-refractivity contribution in [3.8, 4) is 0 Å². The normalized spacial score (nSPS) is 14.4. The maximum Gasteiger partial charge on any atom is 0.416 e. The van der Waals surface area contributed by atoms with Crippen LogP contribution >= 0.6 is 0 Å². The average molecular weight is 498 g/mol. The lowest BCUT2D eigenvalue weighted by molar-refractivity contribution is -0.137. The fraction of sp³-hybridized carbons (Fsp3) is 0.296. The highest BCUT2D eigenvalue weighted by atomic mass is 19.4. The number of hydrogen-bond donors (Lipinski definition) is 1. The van der Waals surface area contributed by atoms with Crippen LogP contribution in [0.15, 0.2) is 72.9 Å². The first-order chi connectivity index (χ1) is 17.3. The van der Waals surface area contributed by atoms with Gasteiger partial charge in [-0.3, -0.25) is 4.79 Å². The minimum absolute atomic E-state index is 0.0179. The molecule has 4 rings (SSSR count). The minimum atomic E-state index is -4.50. The quantitative estimate of drug-likeness (QED) is 0.438. The van der Waals surface area contributed by atoms with E-state index in [9.17, 15) is 22.8 Å². The van der Waals surface area contributed by atoms with Crippen molar-refractivity contribution >= 4 is 23.4 Å². The first-order valence-electron chi connectivity index (χ1n) is 11.7. The molecule has 188 valence electrons. The molecule has 0 saturated carbocycles. The van der Waals surface area contributed by atoms with Crippen molar-refractivity contribution in [1.82, 2.24) is 9.88 Å². The molecule has 0 bridgehead atoms. The van der Waals surface area contributed by atoms with Crippen LogP contribution in [-0.4, -0.2) is 41.5 Å². The van der Waals surface area contributed by atoms with Crippen LogP contribution in [0.4, 0.5) is 24.7 Å². The Morgan fingerprint density at radius 3 is 2.47 bits per heavy atom. The van der Waals surface area contributed by atoms with Crippen LogP contribution in [-0.2, 0) is 22.1 Å². The van der Waals surface area contributed by atoms with Gasteiger partial charge >= 0.3 is 12.1 Å². The van der Waals surface area contributed by atoms with Gasteiger partial charge in [-0.15, -0.1) is 0 Å². The average Bonchev–Trinajstić information content (AvgIpc) is 2.88. The molecule has 36 heavy (non-hydrogen) atoms. The first-order valence-corrected chi connectivity index (χ1v) is 11.7. The molecule has 1 aromatic heterocycles. The number of carbonyl (C=O) groups is 2. The maximum absolute atomic E-state index is 13.0. The smallest absolute Gasteiger partial charge is 0.416 e. The van der Waals surface area contributed by atoms with E-state index in [1.165, 1.54) is 36.0 Å². The number of likely N-dealkylation sites (tertiary alicyclic amines) is 1. The van der Waals surface area contributed by atoms with E-state index in [4.69, 9.17) is 4.74 Å². The third-order valence-corrected chi connectivity index (χ3v) is 6.14. The summed E-state index contributed by atoms with van der Waals surface area (Å²) in [4.78, 5) is 31.0. The lowest BCUT2D eigenvalue weighted by Gasteiger charge is -2.32. The number of anilines is 2. The summed E-state index contributed by atoms with van der Waals surface area (Å²) in [5, 5.41) is 2.73. The fourth-order valence-corrected chi connectivity index (χ4v) is 4.21. The first kappa shape index (κ1) is 25.2. The van der Waals surface area contributed by atoms with Crippen LogP contribution in [0.1, 0.15) is 34.3 Å². The van der Waals surface area contributed by atoms with Crippen LogP contribution in [0.3, 0.4) is 0 Å². The van der Waals surface area contributed by atoms with Crippen molar-refractivity contribution in [2.24, 2.45) is 5.92 Å². The van der Waals surface area contributed by atoms with Gasteiger partial charge in [-0.2, -0.15) is 13.2 Å². The number of aromatic nitrogens is 1. The van der Waals surface area contributed by atoms with Gasteiger partial charge in [0.15, 0.2) is 6.61 Å². The van der Waals surface area contributed by atoms with Crippen molar-refractivity contribution < 1.29 is 27.5 Å². The number of pyridine rings is 1. The Morgan fingerprint density at radius 1 is 1.00 bits per heavy atom. The van der Waals surface area contributed by atoms with E-state index in [1.54, 1.807) is 4.90 Å². The third kappa shape index (κ3) is 6.62. The van der Waals surface area contributed by atoms with Crippen molar-refractivity contribution in [2.45, 2.75) is 25.4 Å². The van der Waals surface area contributed by atoms with E-state index in [1.807, 2.05) is 18.2 Å². The van der Waals surface area contributed by atoms with Gasteiger partial charge in [0.1, 0.15) is 11.4 Å². The summed E-state index contributed by atoms with van der Waals surface area (Å²) in [6.07, 6.45) is -0.373. The van der Waals surface area contributed by atoms with Gasteiger partial charge in [-0.1, -0.05) is 36.4 Å². The van der Waals surface area contributed by atoms with Crippen LogP contribution < -0.4 is 5.32 Å². The fourth-order valence-electron chi connectivity index (χ4n) is 4.21. The van der Waals surface area contributed by atoms with E-state index in [-0.39, 0.29) is 23.0 Å². The largest absolute Gasteiger partial charge is 0.452 e. The van der Waals surface area contributed by atoms with Gasteiger partial charge in [0.25, 0.3) is 5.91 Å². The summed E-state index contributed by atoms with van der Waals surface area (Å²) >= 11 is 0. The Labute approximate surface area is 207 Å². The predicted molar refractivity (Wildman–Crippen MR) is 129 cm³/mol. The van der Waals surface area contributed by atoms with E-state index in [2.05, 4.69) is 22.4 Å². The minimum Gasteiger partial charge on any atom is -0.452 e. The lowest BCUT2D eigenvalue weighted by atomic mass is 9.90. The summed E-state index contributed by atoms with van der Waals surface area (Å²) < 4.78 is 44.3. The molecule has 0 spiro atoms. The second-order valence-electron chi connectivity index (χ2n) is 8.69. The van der Waals surface area contributed by atoms with Gasteiger partial charge < -0.3 is 15.0 Å². The van der Waals surface area contributed by atoms with E-state index in [0.717, 1.165) is 31.4 Å². The standard InChI is InChI=1S/C27H26F3N3O3/c28-27(29,30)21-8-4-9-22(17-21)32-25-23(10-5-13-31-25)26(35)36-18-24(34)33-14-11-20(12-15-33)16-19-6-2-1-3-7-19/h1-10,13,17,20H,11-12,14-16,18H2,(H,31,32). The molecule has 0 unspecified atom stereocenters. The summed E-state index contributed by atoms with van der Waals surface area (Å²) in [5.74, 6) is -0.530. The number of ether oxygens (including phenoxy) is 1. The van der Waals surface area contributed by atoms with Gasteiger partial charge in [-0.25, -0.2) is 9.78 Å². The number of benzene rings is 2. The van der Waals surface area contributed by atoms with Gasteiger partial charge in [0.2, 0.25) is 0 Å². The molecular formula is C27H26F3N3O3. The van der Waals surface area contributed by atoms with E-state index < -0.39 is 24.3 Å². The molecule has 1 amide bonds. The molecule has 1 aliphatic rings. The topological polar surface area (TPSA) is 71.5 Å². The van der Waals surface area contributed by atoms with Crippen molar-refractivity contribution in [1.29, 1.82) is 0 Å². The number of amides is 1. The number of rotatable bonds is 7. The molecule has 1 N–H and O–H groups in total. The molecule has 3 aromatic rings. The monoisotopic (exact) mass is 497 g/mol. The molecule has 0 radical (unpaired) electrons. The number of alkyl halides is 3. The number of nitrogens with one attached hydrogen (secondary N) is 1. The molecule has 0 atom stereocenters. The van der Waals surface area contributed by atoms with Crippen molar-refractivity contribution in [3.05, 3.63) is 89.6 Å².